The summed E-state index contributed by atoms with van der Waals surface area (Å²) in [6, 6.07) is 3.59. The lowest BCUT2D eigenvalue weighted by Crippen LogP contribution is -1.92. The van der Waals surface area contributed by atoms with Gasteiger partial charge in [0.15, 0.2) is 5.82 Å². The normalized spacial score (nSPS) is 10.7. The summed E-state index contributed by atoms with van der Waals surface area (Å²) < 4.78 is 15.3. The van der Waals surface area contributed by atoms with Gasteiger partial charge in [-0.2, -0.15) is 5.10 Å². The van der Waals surface area contributed by atoms with Crippen LogP contribution in [-0.2, 0) is 7.05 Å². The molecule has 0 spiro atoms. The zero-order valence-corrected chi connectivity index (χ0v) is 8.95. The molecule has 2 heterocycles. The lowest BCUT2D eigenvalue weighted by Gasteiger charge is -1.97. The highest BCUT2D eigenvalue weighted by Gasteiger charge is 2.14. The molecule has 0 aliphatic carbocycles. The molecule has 0 aliphatic rings. The van der Waals surface area contributed by atoms with E-state index in [1.54, 1.807) is 30.9 Å². The van der Waals surface area contributed by atoms with Crippen LogP contribution >= 0.6 is 0 Å². The predicted octanol–water partition coefficient (Wildman–Crippen LogP) is 2.24. The first-order chi connectivity index (χ1) is 7.09. The van der Waals surface area contributed by atoms with Crippen molar-refractivity contribution in [3.05, 3.63) is 35.5 Å². The van der Waals surface area contributed by atoms with Gasteiger partial charge in [-0.15, -0.1) is 0 Å². The van der Waals surface area contributed by atoms with Crippen molar-refractivity contribution in [2.24, 2.45) is 7.05 Å². The van der Waals surface area contributed by atoms with Crippen LogP contribution in [0.5, 0.6) is 0 Å². The number of hydrogen-bond acceptors (Lipinski definition) is 2. The monoisotopic (exact) mass is 205 g/mol. The van der Waals surface area contributed by atoms with Crippen LogP contribution in [-0.4, -0.2) is 14.8 Å². The molecule has 2 rings (SSSR count). The summed E-state index contributed by atoms with van der Waals surface area (Å²) in [5.41, 5.74) is 2.55. The van der Waals surface area contributed by atoms with E-state index in [4.69, 9.17) is 0 Å². The van der Waals surface area contributed by atoms with Crippen molar-refractivity contribution in [1.82, 2.24) is 14.8 Å². The van der Waals surface area contributed by atoms with Gasteiger partial charge in [-0.05, 0) is 26.0 Å². The molecule has 0 unspecified atom stereocenters. The fraction of sp³-hybridized carbons (Fsp3) is 0.273. The number of hydrogen-bond donors (Lipinski definition) is 0. The van der Waals surface area contributed by atoms with E-state index in [9.17, 15) is 4.39 Å². The maximum Gasteiger partial charge on any atom is 0.171 e. The zero-order chi connectivity index (χ0) is 11.0. The molecular weight excluding hydrogens is 193 g/mol. The molecule has 2 aromatic heterocycles. The maximum atomic E-state index is 13.7. The van der Waals surface area contributed by atoms with E-state index < -0.39 is 0 Å². The Hall–Kier alpha value is -1.71. The minimum absolute atomic E-state index is 0.261. The molecule has 3 nitrogen and oxygen atoms in total. The molecule has 0 radical (unpaired) electrons. The number of aryl methyl sites for hydroxylation is 2. The van der Waals surface area contributed by atoms with E-state index in [2.05, 4.69) is 10.1 Å². The van der Waals surface area contributed by atoms with Crippen LogP contribution in [0.1, 0.15) is 11.4 Å². The van der Waals surface area contributed by atoms with E-state index in [1.165, 1.54) is 0 Å². The largest absolute Gasteiger partial charge is 0.269 e. The Morgan fingerprint density at radius 3 is 2.60 bits per heavy atom. The zero-order valence-electron chi connectivity index (χ0n) is 8.95. The fourth-order valence-corrected chi connectivity index (χ4v) is 1.46. The van der Waals surface area contributed by atoms with Crippen LogP contribution in [0.3, 0.4) is 0 Å². The van der Waals surface area contributed by atoms with Crippen LogP contribution in [0.2, 0.25) is 0 Å². The minimum Gasteiger partial charge on any atom is -0.269 e. The van der Waals surface area contributed by atoms with Gasteiger partial charge in [0.2, 0.25) is 0 Å². The Morgan fingerprint density at radius 1 is 1.33 bits per heavy atom. The summed E-state index contributed by atoms with van der Waals surface area (Å²) in [6.07, 6.45) is 1.66. The van der Waals surface area contributed by atoms with Gasteiger partial charge in [0.25, 0.3) is 0 Å². The van der Waals surface area contributed by atoms with E-state index >= 15 is 0 Å². The van der Waals surface area contributed by atoms with Gasteiger partial charge in [0, 0.05) is 24.5 Å². The Kier molecular flexibility index (Phi) is 2.26. The number of nitrogens with zero attached hydrogens (tertiary/aromatic N) is 3. The molecule has 0 saturated carbocycles. The first-order valence-corrected chi connectivity index (χ1v) is 4.71. The van der Waals surface area contributed by atoms with Crippen molar-refractivity contribution < 1.29 is 4.39 Å². The Labute approximate surface area is 87.6 Å². The second kappa shape index (κ2) is 3.46. The summed E-state index contributed by atoms with van der Waals surface area (Å²) >= 11 is 0. The number of rotatable bonds is 1. The highest BCUT2D eigenvalue weighted by Crippen LogP contribution is 2.22. The third-order valence-electron chi connectivity index (χ3n) is 2.43. The standard InChI is InChI=1S/C11H12FN3/c1-7-6-9(4-5-13-7)11-10(12)8(2)15(3)14-11/h4-6H,1-3H3. The Morgan fingerprint density at radius 2 is 2.07 bits per heavy atom. The molecule has 2 aromatic rings. The van der Waals surface area contributed by atoms with Crippen molar-refractivity contribution in [2.45, 2.75) is 13.8 Å². The van der Waals surface area contributed by atoms with Crippen molar-refractivity contribution in [1.29, 1.82) is 0 Å². The van der Waals surface area contributed by atoms with Gasteiger partial charge in [0.05, 0.1) is 5.69 Å². The van der Waals surface area contributed by atoms with Gasteiger partial charge < -0.3 is 0 Å². The highest BCUT2D eigenvalue weighted by molar-refractivity contribution is 5.60. The molecule has 0 atom stereocenters. The SMILES string of the molecule is Cc1cc(-c2nn(C)c(C)c2F)ccn1. The van der Waals surface area contributed by atoms with Gasteiger partial charge >= 0.3 is 0 Å². The van der Waals surface area contributed by atoms with Crippen LogP contribution in [0.25, 0.3) is 11.3 Å². The second-order valence-corrected chi connectivity index (χ2v) is 3.56. The summed E-state index contributed by atoms with van der Waals surface area (Å²) in [4.78, 5) is 4.07. The van der Waals surface area contributed by atoms with E-state index in [0.717, 1.165) is 11.3 Å². The van der Waals surface area contributed by atoms with Crippen molar-refractivity contribution >= 4 is 0 Å². The lowest BCUT2D eigenvalue weighted by atomic mass is 10.1. The first-order valence-electron chi connectivity index (χ1n) is 4.71. The minimum atomic E-state index is -0.261. The highest BCUT2D eigenvalue weighted by atomic mass is 19.1. The third kappa shape index (κ3) is 1.63. The van der Waals surface area contributed by atoms with Crippen LogP contribution in [0.15, 0.2) is 18.3 Å². The summed E-state index contributed by atoms with van der Waals surface area (Å²) in [5, 5.41) is 4.14. The molecule has 0 aromatic carbocycles. The molecule has 78 valence electrons. The molecule has 15 heavy (non-hydrogen) atoms. The lowest BCUT2D eigenvalue weighted by molar-refractivity contribution is 0.612. The topological polar surface area (TPSA) is 30.7 Å². The summed E-state index contributed by atoms with van der Waals surface area (Å²) in [5.74, 6) is -0.261. The Balaban J connectivity index is 2.59. The molecule has 4 heteroatoms. The van der Waals surface area contributed by atoms with E-state index in [0.29, 0.717) is 11.4 Å². The molecule has 0 saturated heterocycles. The molecule has 0 aliphatic heterocycles. The van der Waals surface area contributed by atoms with E-state index in [1.807, 2.05) is 13.0 Å². The van der Waals surface area contributed by atoms with E-state index in [-0.39, 0.29) is 5.82 Å². The molecule has 0 bridgehead atoms. The molecule has 0 amide bonds. The second-order valence-electron chi connectivity index (χ2n) is 3.56. The third-order valence-corrected chi connectivity index (χ3v) is 2.43. The van der Waals surface area contributed by atoms with Crippen molar-refractivity contribution in [3.63, 3.8) is 0 Å². The average Bonchev–Trinajstić information content (AvgIpc) is 2.46. The predicted molar refractivity (Wildman–Crippen MR) is 55.9 cm³/mol. The van der Waals surface area contributed by atoms with Crippen molar-refractivity contribution in [3.8, 4) is 11.3 Å². The van der Waals surface area contributed by atoms with Gasteiger partial charge in [0.1, 0.15) is 5.69 Å². The average molecular weight is 205 g/mol. The number of pyridine rings is 1. The maximum absolute atomic E-state index is 13.7. The Bertz CT molecular complexity index is 503. The van der Waals surface area contributed by atoms with Gasteiger partial charge in [-0.1, -0.05) is 0 Å². The van der Waals surface area contributed by atoms with Gasteiger partial charge in [-0.3, -0.25) is 9.67 Å². The summed E-state index contributed by atoms with van der Waals surface area (Å²) in [6.45, 7) is 3.58. The molecule has 0 N–H and O–H groups in total. The molecule has 0 fully saturated rings. The van der Waals surface area contributed by atoms with Crippen molar-refractivity contribution in [2.75, 3.05) is 0 Å². The fourth-order valence-electron chi connectivity index (χ4n) is 1.46. The first kappa shape index (κ1) is 9.83. The smallest absolute Gasteiger partial charge is 0.171 e. The summed E-state index contributed by atoms with van der Waals surface area (Å²) in [7, 11) is 1.73. The van der Waals surface area contributed by atoms with Crippen LogP contribution < -0.4 is 0 Å². The van der Waals surface area contributed by atoms with Gasteiger partial charge in [-0.25, -0.2) is 4.39 Å². The van der Waals surface area contributed by atoms with Crippen LogP contribution in [0.4, 0.5) is 4.39 Å². The molecular formula is C11H12FN3. The van der Waals surface area contributed by atoms with Crippen LogP contribution in [0, 0.1) is 19.7 Å². The number of halogens is 1. The number of aromatic nitrogens is 3. The quantitative estimate of drug-likeness (QED) is 0.714.